The van der Waals surface area contributed by atoms with E-state index in [0.29, 0.717) is 5.41 Å². The monoisotopic (exact) mass is 334 g/mol. The van der Waals surface area contributed by atoms with Crippen LogP contribution in [-0.4, -0.2) is 38.8 Å². The Morgan fingerprint density at radius 1 is 1.08 bits per heavy atom. The van der Waals surface area contributed by atoms with Crippen molar-refractivity contribution in [3.63, 3.8) is 0 Å². The molecule has 1 aliphatic rings. The zero-order valence-electron chi connectivity index (χ0n) is 15.0. The van der Waals surface area contributed by atoms with Crippen LogP contribution in [0.3, 0.4) is 0 Å². The van der Waals surface area contributed by atoms with E-state index in [2.05, 4.69) is 6.92 Å². The van der Waals surface area contributed by atoms with Gasteiger partial charge in [0.05, 0.1) is 26.4 Å². The van der Waals surface area contributed by atoms with E-state index in [1.54, 1.807) is 6.92 Å². The molecule has 0 atom stereocenters. The zero-order chi connectivity index (χ0) is 17.3. The zero-order valence-corrected chi connectivity index (χ0v) is 15.0. The number of ketones is 1. The molecule has 1 aromatic rings. The van der Waals surface area contributed by atoms with Gasteiger partial charge in [0.15, 0.2) is 5.78 Å². The number of unbranched alkanes of at least 4 members (excludes halogenated alkanes) is 3. The van der Waals surface area contributed by atoms with Gasteiger partial charge in [0.2, 0.25) is 0 Å². The largest absolute Gasteiger partial charge is 0.494 e. The Balaban J connectivity index is 1.44. The summed E-state index contributed by atoms with van der Waals surface area (Å²) in [7, 11) is 0. The Morgan fingerprint density at radius 3 is 2.29 bits per heavy atom. The standard InChI is InChI=1S/C20H30O4/c1-3-20(15-23-16-20)14-22-12-6-4-5-7-13-24-19-10-8-18(9-11-19)17(2)21/h8-11H,3-7,12-16H2,1-2H3. The minimum absolute atomic E-state index is 0.0819. The molecular weight excluding hydrogens is 304 g/mol. The van der Waals surface area contributed by atoms with Crippen LogP contribution in [0.4, 0.5) is 0 Å². The van der Waals surface area contributed by atoms with Gasteiger partial charge in [-0.25, -0.2) is 0 Å². The van der Waals surface area contributed by atoms with Crippen molar-refractivity contribution < 1.29 is 19.0 Å². The van der Waals surface area contributed by atoms with Gasteiger partial charge in [0, 0.05) is 17.6 Å². The summed E-state index contributed by atoms with van der Waals surface area (Å²) in [5, 5.41) is 0. The van der Waals surface area contributed by atoms with Crippen LogP contribution in [0.25, 0.3) is 0 Å². The van der Waals surface area contributed by atoms with E-state index in [9.17, 15) is 4.79 Å². The molecule has 0 aromatic heterocycles. The lowest BCUT2D eigenvalue weighted by atomic mass is 9.84. The fourth-order valence-corrected chi connectivity index (χ4v) is 2.70. The van der Waals surface area contributed by atoms with Gasteiger partial charge in [-0.2, -0.15) is 0 Å². The predicted octanol–water partition coefficient (Wildman–Crippen LogP) is 4.27. The predicted molar refractivity (Wildman–Crippen MR) is 94.8 cm³/mol. The molecule has 4 nitrogen and oxygen atoms in total. The van der Waals surface area contributed by atoms with Crippen LogP contribution >= 0.6 is 0 Å². The molecule has 0 amide bonds. The van der Waals surface area contributed by atoms with Gasteiger partial charge in [-0.1, -0.05) is 13.3 Å². The molecule has 24 heavy (non-hydrogen) atoms. The molecule has 0 unspecified atom stereocenters. The van der Waals surface area contributed by atoms with Crippen LogP contribution in [-0.2, 0) is 9.47 Å². The van der Waals surface area contributed by atoms with Gasteiger partial charge >= 0.3 is 0 Å². The van der Waals surface area contributed by atoms with Crippen molar-refractivity contribution in [1.82, 2.24) is 0 Å². The first-order valence-corrected chi connectivity index (χ1v) is 9.04. The third-order valence-electron chi connectivity index (χ3n) is 4.69. The third kappa shape index (κ3) is 5.91. The minimum atomic E-state index is 0.0819. The van der Waals surface area contributed by atoms with Crippen molar-refractivity contribution in [1.29, 1.82) is 0 Å². The maximum absolute atomic E-state index is 11.2. The Morgan fingerprint density at radius 2 is 1.75 bits per heavy atom. The summed E-state index contributed by atoms with van der Waals surface area (Å²) in [6, 6.07) is 7.34. The van der Waals surface area contributed by atoms with Gasteiger partial charge in [-0.05, 0) is 56.9 Å². The normalized spacial score (nSPS) is 15.8. The number of carbonyl (C=O) groups is 1. The first kappa shape index (κ1) is 18.9. The van der Waals surface area contributed by atoms with Crippen LogP contribution in [0.5, 0.6) is 5.75 Å². The minimum Gasteiger partial charge on any atom is -0.494 e. The molecule has 1 saturated heterocycles. The highest BCUT2D eigenvalue weighted by atomic mass is 16.5. The lowest BCUT2D eigenvalue weighted by Crippen LogP contribution is -2.45. The first-order valence-electron chi connectivity index (χ1n) is 9.04. The molecular formula is C20H30O4. The molecule has 2 rings (SSSR count). The number of Topliss-reactive ketones (excluding diaryl/α,β-unsaturated/α-hetero) is 1. The summed E-state index contributed by atoms with van der Waals surface area (Å²) >= 11 is 0. The number of benzene rings is 1. The number of carbonyl (C=O) groups excluding carboxylic acids is 1. The van der Waals surface area contributed by atoms with Crippen LogP contribution < -0.4 is 4.74 Å². The van der Waals surface area contributed by atoms with Gasteiger partial charge in [-0.15, -0.1) is 0 Å². The second-order valence-electron chi connectivity index (χ2n) is 6.74. The molecule has 0 bridgehead atoms. The summed E-state index contributed by atoms with van der Waals surface area (Å²) in [5.74, 6) is 0.911. The van der Waals surface area contributed by atoms with Crippen LogP contribution in [0, 0.1) is 5.41 Å². The second-order valence-corrected chi connectivity index (χ2v) is 6.74. The molecule has 1 aromatic carbocycles. The van der Waals surface area contributed by atoms with E-state index in [1.807, 2.05) is 24.3 Å². The van der Waals surface area contributed by atoms with E-state index in [0.717, 1.165) is 70.0 Å². The second kappa shape index (κ2) is 9.80. The molecule has 0 saturated carbocycles. The van der Waals surface area contributed by atoms with Crippen molar-refractivity contribution in [2.75, 3.05) is 33.0 Å². The molecule has 0 aliphatic carbocycles. The lowest BCUT2D eigenvalue weighted by molar-refractivity contribution is -0.150. The number of rotatable bonds is 12. The third-order valence-corrected chi connectivity index (χ3v) is 4.69. The molecule has 0 spiro atoms. The van der Waals surface area contributed by atoms with E-state index in [1.165, 1.54) is 6.42 Å². The number of ether oxygens (including phenoxy) is 3. The van der Waals surface area contributed by atoms with Crippen molar-refractivity contribution in [3.05, 3.63) is 29.8 Å². The Labute approximate surface area is 145 Å². The summed E-state index contributed by atoms with van der Waals surface area (Å²) < 4.78 is 16.8. The Hall–Kier alpha value is -1.39. The van der Waals surface area contributed by atoms with Crippen LogP contribution in [0.1, 0.15) is 56.3 Å². The van der Waals surface area contributed by atoms with E-state index < -0.39 is 0 Å². The summed E-state index contributed by atoms with van der Waals surface area (Å²) in [5.41, 5.74) is 1.02. The molecule has 1 heterocycles. The van der Waals surface area contributed by atoms with Crippen molar-refractivity contribution >= 4 is 5.78 Å². The van der Waals surface area contributed by atoms with Crippen molar-refractivity contribution in [2.24, 2.45) is 5.41 Å². The van der Waals surface area contributed by atoms with Crippen molar-refractivity contribution in [3.8, 4) is 5.75 Å². The number of hydrogen-bond acceptors (Lipinski definition) is 4. The molecule has 1 fully saturated rings. The van der Waals surface area contributed by atoms with Gasteiger partial charge in [0.1, 0.15) is 5.75 Å². The smallest absolute Gasteiger partial charge is 0.159 e. The lowest BCUT2D eigenvalue weighted by Gasteiger charge is -2.40. The number of hydrogen-bond donors (Lipinski definition) is 0. The maximum Gasteiger partial charge on any atom is 0.159 e. The summed E-state index contributed by atoms with van der Waals surface area (Å²) in [6.45, 7) is 7.89. The quantitative estimate of drug-likeness (QED) is 0.423. The molecule has 0 N–H and O–H groups in total. The maximum atomic E-state index is 11.2. The Kier molecular flexibility index (Phi) is 7.73. The molecule has 134 valence electrons. The fourth-order valence-electron chi connectivity index (χ4n) is 2.70. The average Bonchev–Trinajstić information content (AvgIpc) is 2.56. The van der Waals surface area contributed by atoms with Gasteiger partial charge in [-0.3, -0.25) is 4.79 Å². The fraction of sp³-hybridized carbons (Fsp3) is 0.650. The van der Waals surface area contributed by atoms with Crippen molar-refractivity contribution in [2.45, 2.75) is 46.0 Å². The molecule has 1 aliphatic heterocycles. The van der Waals surface area contributed by atoms with Crippen LogP contribution in [0.2, 0.25) is 0 Å². The topological polar surface area (TPSA) is 44.8 Å². The summed E-state index contributed by atoms with van der Waals surface area (Å²) in [4.78, 5) is 11.2. The first-order chi connectivity index (χ1) is 11.7. The Bertz CT molecular complexity index is 485. The molecule has 0 radical (unpaired) electrons. The summed E-state index contributed by atoms with van der Waals surface area (Å²) in [6.07, 6.45) is 5.60. The SMILES string of the molecule is CCC1(COCCCCCCOc2ccc(C(C)=O)cc2)COC1. The highest BCUT2D eigenvalue weighted by molar-refractivity contribution is 5.94. The van der Waals surface area contributed by atoms with Gasteiger partial charge < -0.3 is 14.2 Å². The molecule has 4 heteroatoms. The van der Waals surface area contributed by atoms with E-state index in [-0.39, 0.29) is 5.78 Å². The van der Waals surface area contributed by atoms with Crippen LogP contribution in [0.15, 0.2) is 24.3 Å². The highest BCUT2D eigenvalue weighted by Crippen LogP contribution is 2.31. The van der Waals surface area contributed by atoms with E-state index >= 15 is 0 Å². The van der Waals surface area contributed by atoms with E-state index in [4.69, 9.17) is 14.2 Å². The van der Waals surface area contributed by atoms with Gasteiger partial charge in [0.25, 0.3) is 0 Å². The average molecular weight is 334 g/mol. The highest BCUT2D eigenvalue weighted by Gasteiger charge is 2.36.